The van der Waals surface area contributed by atoms with Crippen LogP contribution in [0.5, 0.6) is 5.75 Å². The smallest absolute Gasteiger partial charge is 0.256 e. The molecule has 40 heavy (non-hydrogen) atoms. The summed E-state index contributed by atoms with van der Waals surface area (Å²) in [5.41, 5.74) is 9.38. The average molecular weight is 537 g/mol. The van der Waals surface area contributed by atoms with E-state index >= 15 is 0 Å². The van der Waals surface area contributed by atoms with Crippen molar-refractivity contribution >= 4 is 28.6 Å². The molecule has 7 heteroatoms. The number of carbonyl (C=O) groups is 2. The van der Waals surface area contributed by atoms with Crippen LogP contribution in [-0.4, -0.2) is 65.9 Å². The highest BCUT2D eigenvalue weighted by Crippen LogP contribution is 2.45. The van der Waals surface area contributed by atoms with Gasteiger partial charge in [0.05, 0.1) is 18.2 Å². The summed E-state index contributed by atoms with van der Waals surface area (Å²) in [6.45, 7) is 6.13. The van der Waals surface area contributed by atoms with Crippen molar-refractivity contribution in [2.45, 2.75) is 51.5 Å². The Morgan fingerprint density at radius 2 is 1.77 bits per heavy atom. The van der Waals surface area contributed by atoms with Crippen LogP contribution < -0.4 is 10.1 Å². The monoisotopic (exact) mass is 536 g/mol. The molecule has 1 aliphatic carbocycles. The van der Waals surface area contributed by atoms with Gasteiger partial charge in [-0.05, 0) is 99.0 Å². The molecule has 4 heterocycles. The van der Waals surface area contributed by atoms with Crippen molar-refractivity contribution in [2.24, 2.45) is 0 Å². The molecule has 3 aliphatic heterocycles. The first kappa shape index (κ1) is 25.1. The molecule has 0 saturated carbocycles. The van der Waals surface area contributed by atoms with E-state index in [1.165, 1.54) is 12.8 Å². The number of hydrogen-bond acceptors (Lipinski definition) is 4. The highest BCUT2D eigenvalue weighted by atomic mass is 16.5. The van der Waals surface area contributed by atoms with Gasteiger partial charge in [0.15, 0.2) is 0 Å². The number of aromatic nitrogens is 1. The van der Waals surface area contributed by atoms with E-state index in [2.05, 4.69) is 26.2 Å². The van der Waals surface area contributed by atoms with Crippen molar-refractivity contribution in [3.05, 3.63) is 70.5 Å². The summed E-state index contributed by atoms with van der Waals surface area (Å²) in [5, 5.41) is 3.10. The summed E-state index contributed by atoms with van der Waals surface area (Å²) < 4.78 is 5.29. The Labute approximate surface area is 235 Å². The summed E-state index contributed by atoms with van der Waals surface area (Å²) in [5.74, 6) is 0.895. The summed E-state index contributed by atoms with van der Waals surface area (Å²) >= 11 is 0. The Morgan fingerprint density at radius 3 is 2.55 bits per heavy atom. The second-order valence-electron chi connectivity index (χ2n) is 11.6. The number of nitrogens with one attached hydrogen (secondary N) is 2. The van der Waals surface area contributed by atoms with Gasteiger partial charge in [0, 0.05) is 41.8 Å². The van der Waals surface area contributed by atoms with Gasteiger partial charge in [0.25, 0.3) is 11.8 Å². The Hall–Kier alpha value is -3.84. The summed E-state index contributed by atoms with van der Waals surface area (Å²) in [6.07, 6.45) is 6.21. The number of allylic oxidation sites excluding steroid dienone is 1. The van der Waals surface area contributed by atoms with E-state index in [9.17, 15) is 9.59 Å². The van der Waals surface area contributed by atoms with Crippen molar-refractivity contribution in [3.63, 3.8) is 0 Å². The largest absolute Gasteiger partial charge is 0.497 e. The van der Waals surface area contributed by atoms with Crippen LogP contribution in [0, 0.1) is 6.92 Å². The summed E-state index contributed by atoms with van der Waals surface area (Å²) in [4.78, 5) is 35.5. The van der Waals surface area contributed by atoms with Gasteiger partial charge >= 0.3 is 0 Å². The lowest BCUT2D eigenvalue weighted by molar-refractivity contribution is -0.110. The highest BCUT2D eigenvalue weighted by molar-refractivity contribution is 6.37. The fraction of sp³-hybridized carbons (Fsp3) is 0.394. The number of nitrogens with zero attached hydrogens (tertiary/aromatic N) is 2. The predicted octanol–water partition coefficient (Wildman–Crippen LogP) is 5.51. The Kier molecular flexibility index (Phi) is 6.27. The molecule has 2 fully saturated rings. The van der Waals surface area contributed by atoms with Gasteiger partial charge in [-0.15, -0.1) is 0 Å². The molecule has 7 nitrogen and oxygen atoms in total. The fourth-order valence-electron chi connectivity index (χ4n) is 7.23. The van der Waals surface area contributed by atoms with Crippen LogP contribution in [0.1, 0.15) is 65.0 Å². The predicted molar refractivity (Wildman–Crippen MR) is 157 cm³/mol. The molecular formula is C33H36N4O3. The van der Waals surface area contributed by atoms with Gasteiger partial charge < -0.3 is 24.8 Å². The lowest BCUT2D eigenvalue weighted by Crippen LogP contribution is -2.42. The van der Waals surface area contributed by atoms with Crippen LogP contribution in [0.4, 0.5) is 5.69 Å². The normalized spacial score (nSPS) is 22.1. The molecule has 2 amide bonds. The third-order valence-corrected chi connectivity index (χ3v) is 9.23. The van der Waals surface area contributed by atoms with Crippen LogP contribution in [0.15, 0.2) is 42.5 Å². The molecule has 0 spiro atoms. The highest BCUT2D eigenvalue weighted by Gasteiger charge is 2.38. The zero-order valence-corrected chi connectivity index (χ0v) is 23.3. The molecule has 0 radical (unpaired) electrons. The molecule has 1 atom stereocenters. The van der Waals surface area contributed by atoms with Crippen molar-refractivity contribution in [1.82, 2.24) is 14.8 Å². The number of hydrogen-bond donors (Lipinski definition) is 2. The zero-order valence-electron chi connectivity index (χ0n) is 23.3. The van der Waals surface area contributed by atoms with Gasteiger partial charge in [0.1, 0.15) is 5.75 Å². The van der Waals surface area contributed by atoms with E-state index in [4.69, 9.17) is 4.74 Å². The number of anilines is 1. The Balaban J connectivity index is 1.20. The first-order valence-electron chi connectivity index (χ1n) is 14.6. The van der Waals surface area contributed by atoms with E-state index in [0.717, 1.165) is 114 Å². The maximum atomic E-state index is 14.0. The number of carbonyl (C=O) groups excluding carboxylic acids is 2. The minimum atomic E-state index is -0.0740. The number of likely N-dealkylation sites (tertiary alicyclic amines) is 2. The fourth-order valence-corrected chi connectivity index (χ4v) is 7.23. The second-order valence-corrected chi connectivity index (χ2v) is 11.6. The van der Waals surface area contributed by atoms with Gasteiger partial charge in [-0.3, -0.25) is 9.59 Å². The van der Waals surface area contributed by atoms with Gasteiger partial charge in [-0.2, -0.15) is 0 Å². The Morgan fingerprint density at radius 1 is 1.00 bits per heavy atom. The number of ether oxygens (including phenoxy) is 1. The number of fused-ring (bicyclic) bond motifs is 2. The molecule has 2 saturated heterocycles. The van der Waals surface area contributed by atoms with Crippen LogP contribution in [0.25, 0.3) is 22.3 Å². The number of amides is 2. The standard InChI is InChI=1S/C33H36N4O3/c1-20-29(33(39)37-17-5-6-23(37)19-36-15-3-4-16-36)26-13-14-27(31(26)34-20)30-25-12-9-22(18-28(25)35-32(30)38)21-7-10-24(40-2)11-8-21/h7-12,18,23,34H,3-6,13-17,19H2,1-2H3,(H,35,38)/b30-27-/t23-/m0/s1. The first-order chi connectivity index (χ1) is 19.5. The maximum Gasteiger partial charge on any atom is 0.256 e. The molecule has 0 unspecified atom stereocenters. The number of aryl methyl sites for hydroxylation is 1. The van der Waals surface area contributed by atoms with E-state index in [1.54, 1.807) is 7.11 Å². The third-order valence-electron chi connectivity index (χ3n) is 9.23. The molecule has 0 bridgehead atoms. The number of aromatic amines is 1. The third kappa shape index (κ3) is 4.15. The van der Waals surface area contributed by atoms with Crippen LogP contribution in [0.3, 0.4) is 0 Å². The number of benzene rings is 2. The van der Waals surface area contributed by atoms with Gasteiger partial charge in [-0.1, -0.05) is 24.3 Å². The molecule has 2 aromatic carbocycles. The van der Waals surface area contributed by atoms with E-state index in [1.807, 2.05) is 43.3 Å². The van der Waals surface area contributed by atoms with Crippen molar-refractivity contribution < 1.29 is 14.3 Å². The number of H-pyrrole nitrogens is 1. The van der Waals surface area contributed by atoms with E-state index in [0.29, 0.717) is 6.04 Å². The minimum absolute atomic E-state index is 0.0740. The lowest BCUT2D eigenvalue weighted by Gasteiger charge is -2.29. The summed E-state index contributed by atoms with van der Waals surface area (Å²) in [7, 11) is 1.66. The van der Waals surface area contributed by atoms with E-state index < -0.39 is 0 Å². The second kappa shape index (κ2) is 9.97. The van der Waals surface area contributed by atoms with Crippen LogP contribution in [0.2, 0.25) is 0 Å². The van der Waals surface area contributed by atoms with Crippen LogP contribution in [-0.2, 0) is 11.2 Å². The van der Waals surface area contributed by atoms with Crippen molar-refractivity contribution in [3.8, 4) is 16.9 Å². The average Bonchev–Trinajstić information content (AvgIpc) is 3.79. The minimum Gasteiger partial charge on any atom is -0.497 e. The lowest BCUT2D eigenvalue weighted by atomic mass is 9.96. The number of methoxy groups -OCH3 is 1. The Bertz CT molecular complexity index is 1530. The molecule has 1 aromatic heterocycles. The summed E-state index contributed by atoms with van der Waals surface area (Å²) in [6, 6.07) is 14.4. The molecule has 2 N–H and O–H groups in total. The SMILES string of the molecule is COc1ccc(-c2ccc3c(c2)NC(=O)/C3=C2/CCc3c2[nH]c(C)c3C(=O)N2CCC[C@H]2CN2CCCC2)cc1. The molecular weight excluding hydrogens is 500 g/mol. The van der Waals surface area contributed by atoms with E-state index in [-0.39, 0.29) is 11.8 Å². The maximum absolute atomic E-state index is 14.0. The molecule has 7 rings (SSSR count). The van der Waals surface area contributed by atoms with Gasteiger partial charge in [-0.25, -0.2) is 0 Å². The van der Waals surface area contributed by atoms with Crippen molar-refractivity contribution in [2.75, 3.05) is 38.6 Å². The molecule has 4 aliphatic rings. The van der Waals surface area contributed by atoms with Gasteiger partial charge in [0.2, 0.25) is 0 Å². The first-order valence-corrected chi connectivity index (χ1v) is 14.6. The zero-order chi connectivity index (χ0) is 27.4. The van der Waals surface area contributed by atoms with Crippen LogP contribution >= 0.6 is 0 Å². The molecule has 206 valence electrons. The molecule has 3 aromatic rings. The quantitative estimate of drug-likeness (QED) is 0.422. The topological polar surface area (TPSA) is 77.7 Å². The van der Waals surface area contributed by atoms with Crippen molar-refractivity contribution in [1.29, 1.82) is 0 Å². The number of rotatable bonds is 5.